The fourth-order valence-electron chi connectivity index (χ4n) is 5.25. The Morgan fingerprint density at radius 2 is 1.49 bits per heavy atom. The predicted molar refractivity (Wildman–Crippen MR) is 136 cm³/mol. The first-order valence-electron chi connectivity index (χ1n) is 12.3. The van der Waals surface area contributed by atoms with Crippen LogP contribution in [0.3, 0.4) is 0 Å². The van der Waals surface area contributed by atoms with E-state index < -0.39 is 0 Å². The van der Waals surface area contributed by atoms with Crippen LogP contribution in [-0.4, -0.2) is 41.9 Å². The minimum Gasteiger partial charge on any atom is -0.457 e. The summed E-state index contributed by atoms with van der Waals surface area (Å²) in [4.78, 5) is 17.3. The number of ether oxygens (including phenoxy) is 1. The largest absolute Gasteiger partial charge is 0.457 e. The fourth-order valence-corrected chi connectivity index (χ4v) is 5.38. The van der Waals surface area contributed by atoms with Crippen LogP contribution in [0.4, 0.5) is 4.39 Å². The summed E-state index contributed by atoms with van der Waals surface area (Å²) in [6.07, 6.45) is 4.42. The van der Waals surface area contributed by atoms with Gasteiger partial charge in [-0.15, -0.1) is 0 Å². The number of benzene rings is 3. The molecule has 0 saturated carbocycles. The summed E-state index contributed by atoms with van der Waals surface area (Å²) in [5.74, 6) is 1.28. The summed E-state index contributed by atoms with van der Waals surface area (Å²) in [7, 11) is 0. The van der Waals surface area contributed by atoms with Gasteiger partial charge in [-0.1, -0.05) is 29.8 Å². The maximum absolute atomic E-state index is 13.2. The average molecular weight is 493 g/mol. The highest BCUT2D eigenvalue weighted by Crippen LogP contribution is 2.42. The van der Waals surface area contributed by atoms with Crippen molar-refractivity contribution >= 4 is 17.5 Å². The molecule has 0 aliphatic carbocycles. The molecule has 5 rings (SSSR count). The van der Waals surface area contributed by atoms with Crippen molar-refractivity contribution in [1.29, 1.82) is 0 Å². The fraction of sp³-hybridized carbons (Fsp3) is 0.345. The number of carbonyl (C=O) groups is 1. The second kappa shape index (κ2) is 10.4. The molecule has 1 spiro atoms. The van der Waals surface area contributed by atoms with Crippen molar-refractivity contribution in [2.24, 2.45) is 5.41 Å². The first-order chi connectivity index (χ1) is 17.0. The van der Waals surface area contributed by atoms with Gasteiger partial charge >= 0.3 is 0 Å². The van der Waals surface area contributed by atoms with Crippen molar-refractivity contribution < 1.29 is 13.9 Å². The molecule has 2 fully saturated rings. The number of amides is 1. The molecule has 0 atom stereocenters. The summed E-state index contributed by atoms with van der Waals surface area (Å²) in [5, 5.41) is 0.649. The molecule has 0 radical (unpaired) electrons. The SMILES string of the molecule is O=C(c1ccc(Cl)cc1)N1CCC2(CCN(Cc3ccccc3Oc3ccc(F)cc3)CC2)CC1. The van der Waals surface area contributed by atoms with Gasteiger partial charge in [-0.05, 0) is 98.8 Å². The summed E-state index contributed by atoms with van der Waals surface area (Å²) < 4.78 is 19.3. The molecule has 0 N–H and O–H groups in total. The van der Waals surface area contributed by atoms with Gasteiger partial charge in [-0.3, -0.25) is 9.69 Å². The summed E-state index contributed by atoms with van der Waals surface area (Å²) in [6, 6.07) is 21.4. The van der Waals surface area contributed by atoms with Crippen molar-refractivity contribution in [2.45, 2.75) is 32.2 Å². The number of para-hydroxylation sites is 1. The predicted octanol–water partition coefficient (Wildman–Crippen LogP) is 6.79. The Morgan fingerprint density at radius 3 is 2.17 bits per heavy atom. The van der Waals surface area contributed by atoms with E-state index in [9.17, 15) is 9.18 Å². The number of piperidine rings is 2. The zero-order valence-corrected chi connectivity index (χ0v) is 20.5. The van der Waals surface area contributed by atoms with Crippen LogP contribution in [0.1, 0.15) is 41.6 Å². The lowest BCUT2D eigenvalue weighted by Gasteiger charge is -2.47. The molecule has 2 aliphatic rings. The van der Waals surface area contributed by atoms with Gasteiger partial charge in [0.1, 0.15) is 17.3 Å². The number of halogens is 2. The lowest BCUT2D eigenvalue weighted by molar-refractivity contribution is 0.0284. The second-order valence-corrected chi connectivity index (χ2v) is 10.2. The molecule has 2 saturated heterocycles. The van der Waals surface area contributed by atoms with Crippen molar-refractivity contribution in [2.75, 3.05) is 26.2 Å². The molecule has 2 aliphatic heterocycles. The highest BCUT2D eigenvalue weighted by atomic mass is 35.5. The van der Waals surface area contributed by atoms with Crippen LogP contribution in [0.25, 0.3) is 0 Å². The number of nitrogens with zero attached hydrogens (tertiary/aromatic N) is 2. The average Bonchev–Trinajstić information content (AvgIpc) is 2.89. The molecule has 4 nitrogen and oxygen atoms in total. The van der Waals surface area contributed by atoms with E-state index in [0.29, 0.717) is 21.8 Å². The standard InChI is InChI=1S/C29H30ClFN2O2/c30-24-7-5-22(6-8-24)28(34)33-19-15-29(16-20-33)13-17-32(18-14-29)21-23-3-1-2-4-27(23)35-26-11-9-25(31)10-12-26/h1-12H,13-21H2. The molecule has 182 valence electrons. The van der Waals surface area contributed by atoms with Crippen LogP contribution < -0.4 is 4.74 Å². The third-order valence-electron chi connectivity index (χ3n) is 7.53. The number of rotatable bonds is 5. The van der Waals surface area contributed by atoms with E-state index in [0.717, 1.165) is 69.7 Å². The zero-order chi connectivity index (χ0) is 24.3. The highest BCUT2D eigenvalue weighted by molar-refractivity contribution is 6.30. The smallest absolute Gasteiger partial charge is 0.253 e. The van der Waals surface area contributed by atoms with Crippen molar-refractivity contribution in [1.82, 2.24) is 9.80 Å². The highest BCUT2D eigenvalue weighted by Gasteiger charge is 2.38. The lowest BCUT2D eigenvalue weighted by atomic mass is 9.71. The van der Waals surface area contributed by atoms with E-state index in [1.165, 1.54) is 12.1 Å². The third kappa shape index (κ3) is 5.68. The number of hydrogen-bond acceptors (Lipinski definition) is 3. The Labute approximate surface area is 211 Å². The minimum absolute atomic E-state index is 0.103. The van der Waals surface area contributed by atoms with Gasteiger partial charge in [0.25, 0.3) is 5.91 Å². The maximum Gasteiger partial charge on any atom is 0.253 e. The molecule has 0 bridgehead atoms. The van der Waals surface area contributed by atoms with Crippen molar-refractivity contribution in [3.8, 4) is 11.5 Å². The van der Waals surface area contributed by atoms with Gasteiger partial charge in [0.15, 0.2) is 0 Å². The third-order valence-corrected chi connectivity index (χ3v) is 7.78. The van der Waals surface area contributed by atoms with Gasteiger partial charge in [-0.25, -0.2) is 4.39 Å². The molecular formula is C29H30ClFN2O2. The molecule has 3 aromatic carbocycles. The van der Waals surface area contributed by atoms with E-state index in [2.05, 4.69) is 11.0 Å². The summed E-state index contributed by atoms with van der Waals surface area (Å²) in [5.41, 5.74) is 2.18. The second-order valence-electron chi connectivity index (χ2n) is 9.74. The van der Waals surface area contributed by atoms with E-state index in [-0.39, 0.29) is 11.7 Å². The molecule has 1 amide bonds. The zero-order valence-electron chi connectivity index (χ0n) is 19.8. The Morgan fingerprint density at radius 1 is 0.857 bits per heavy atom. The van der Waals surface area contributed by atoms with Gasteiger partial charge in [-0.2, -0.15) is 0 Å². The summed E-state index contributed by atoms with van der Waals surface area (Å²) in [6.45, 7) is 4.53. The number of carbonyl (C=O) groups excluding carboxylic acids is 1. The lowest BCUT2D eigenvalue weighted by Crippen LogP contribution is -2.48. The van der Waals surface area contributed by atoms with Gasteiger partial charge in [0.2, 0.25) is 0 Å². The topological polar surface area (TPSA) is 32.8 Å². The van der Waals surface area contributed by atoms with Gasteiger partial charge in [0.05, 0.1) is 0 Å². The van der Waals surface area contributed by atoms with E-state index in [1.807, 2.05) is 35.2 Å². The Bertz CT molecular complexity index is 1150. The van der Waals surface area contributed by atoms with E-state index in [1.54, 1.807) is 24.3 Å². The Balaban J connectivity index is 1.15. The first-order valence-corrected chi connectivity index (χ1v) is 12.7. The molecular weight excluding hydrogens is 463 g/mol. The van der Waals surface area contributed by atoms with Crippen molar-refractivity contribution in [3.05, 3.63) is 94.8 Å². The normalized spacial score (nSPS) is 17.9. The molecule has 6 heteroatoms. The maximum atomic E-state index is 13.2. The monoisotopic (exact) mass is 492 g/mol. The number of likely N-dealkylation sites (tertiary alicyclic amines) is 2. The number of hydrogen-bond donors (Lipinski definition) is 0. The quantitative estimate of drug-likeness (QED) is 0.393. The first kappa shape index (κ1) is 23.8. The van der Waals surface area contributed by atoms with E-state index in [4.69, 9.17) is 16.3 Å². The molecule has 3 aromatic rings. The van der Waals surface area contributed by atoms with Crippen LogP contribution >= 0.6 is 11.6 Å². The van der Waals surface area contributed by atoms with Crippen LogP contribution in [0.15, 0.2) is 72.8 Å². The minimum atomic E-state index is -0.270. The molecule has 0 unspecified atom stereocenters. The molecule has 0 aromatic heterocycles. The molecule has 35 heavy (non-hydrogen) atoms. The Kier molecular flexibility index (Phi) is 7.07. The Hall–Kier alpha value is -2.89. The van der Waals surface area contributed by atoms with Crippen LogP contribution in [-0.2, 0) is 6.54 Å². The van der Waals surface area contributed by atoms with E-state index >= 15 is 0 Å². The van der Waals surface area contributed by atoms with Crippen molar-refractivity contribution in [3.63, 3.8) is 0 Å². The van der Waals surface area contributed by atoms with Crippen LogP contribution in [0.5, 0.6) is 11.5 Å². The summed E-state index contributed by atoms with van der Waals surface area (Å²) >= 11 is 5.96. The van der Waals surface area contributed by atoms with Crippen LogP contribution in [0, 0.1) is 11.2 Å². The molecule has 2 heterocycles. The van der Waals surface area contributed by atoms with Gasteiger partial charge in [0, 0.05) is 35.8 Å². The van der Waals surface area contributed by atoms with Gasteiger partial charge < -0.3 is 9.64 Å². The van der Waals surface area contributed by atoms with Crippen LogP contribution in [0.2, 0.25) is 5.02 Å².